The minimum absolute atomic E-state index is 0.0545. The fourth-order valence-corrected chi connectivity index (χ4v) is 3.57. The van der Waals surface area contributed by atoms with Crippen LogP contribution in [-0.4, -0.2) is 47.8 Å². The smallest absolute Gasteiger partial charge is 0.335 e. The fourth-order valence-electron chi connectivity index (χ4n) is 3.57. The summed E-state index contributed by atoms with van der Waals surface area (Å²) in [5.41, 5.74) is 0.823. The molecule has 0 N–H and O–H groups in total. The molecule has 1 saturated heterocycles. The highest BCUT2D eigenvalue weighted by molar-refractivity contribution is 5.94. The molecule has 140 valence electrons. The van der Waals surface area contributed by atoms with Crippen molar-refractivity contribution in [3.05, 3.63) is 70.0 Å². The van der Waals surface area contributed by atoms with E-state index in [0.29, 0.717) is 31.7 Å². The predicted molar refractivity (Wildman–Crippen MR) is 94.7 cm³/mol. The summed E-state index contributed by atoms with van der Waals surface area (Å²) in [6, 6.07) is 8.99. The Morgan fingerprint density at radius 2 is 1.63 bits per heavy atom. The van der Waals surface area contributed by atoms with Gasteiger partial charge in [-0.3, -0.25) is 9.59 Å². The van der Waals surface area contributed by atoms with Crippen molar-refractivity contribution in [2.45, 2.75) is 12.3 Å². The predicted octanol–water partition coefficient (Wildman–Crippen LogP) is 1.87. The Bertz CT molecular complexity index is 896. The van der Waals surface area contributed by atoms with Gasteiger partial charge in [0.05, 0.1) is 5.56 Å². The lowest BCUT2D eigenvalue weighted by atomic mass is 10.1. The lowest BCUT2D eigenvalue weighted by Crippen LogP contribution is -2.51. The molecular weight excluding hydrogens is 351 g/mol. The van der Waals surface area contributed by atoms with E-state index in [2.05, 4.69) is 0 Å². The lowest BCUT2D eigenvalue weighted by Gasteiger charge is -2.35. The Morgan fingerprint density at radius 3 is 2.26 bits per heavy atom. The number of benzene rings is 1. The maximum Gasteiger partial charge on any atom is 0.335 e. The number of halogens is 1. The van der Waals surface area contributed by atoms with Crippen molar-refractivity contribution >= 4 is 11.8 Å². The van der Waals surface area contributed by atoms with Crippen LogP contribution < -0.4 is 5.63 Å². The number of hydrogen-bond donors (Lipinski definition) is 0. The normalized spacial score (nSPS) is 21.8. The fraction of sp³-hybridized carbons (Fsp3) is 0.350. The molecule has 2 aliphatic rings. The topological polar surface area (TPSA) is 70.8 Å². The van der Waals surface area contributed by atoms with Crippen LogP contribution in [0, 0.1) is 11.7 Å². The molecule has 2 heterocycles. The van der Waals surface area contributed by atoms with Crippen LogP contribution in [0.4, 0.5) is 4.39 Å². The molecule has 1 aromatic heterocycles. The van der Waals surface area contributed by atoms with E-state index in [1.807, 2.05) is 0 Å². The van der Waals surface area contributed by atoms with E-state index in [-0.39, 0.29) is 29.5 Å². The first-order chi connectivity index (χ1) is 13.0. The average molecular weight is 370 g/mol. The highest BCUT2D eigenvalue weighted by Crippen LogP contribution is 2.48. The highest BCUT2D eigenvalue weighted by Gasteiger charge is 2.46. The van der Waals surface area contributed by atoms with E-state index in [1.54, 1.807) is 21.9 Å². The second kappa shape index (κ2) is 6.98. The van der Waals surface area contributed by atoms with Crippen molar-refractivity contribution in [1.82, 2.24) is 9.80 Å². The minimum Gasteiger partial charge on any atom is -0.430 e. The van der Waals surface area contributed by atoms with Gasteiger partial charge in [0, 0.05) is 38.2 Å². The summed E-state index contributed by atoms with van der Waals surface area (Å²) in [6.07, 6.45) is 1.95. The molecule has 0 spiro atoms. The van der Waals surface area contributed by atoms with Gasteiger partial charge in [-0.25, -0.2) is 9.18 Å². The van der Waals surface area contributed by atoms with Crippen LogP contribution in [0.2, 0.25) is 0 Å². The summed E-state index contributed by atoms with van der Waals surface area (Å²) in [5, 5.41) is 0. The molecule has 2 fully saturated rings. The molecule has 0 bridgehead atoms. The number of carbonyl (C=O) groups is 2. The second-order valence-corrected chi connectivity index (χ2v) is 6.96. The number of amides is 2. The van der Waals surface area contributed by atoms with Crippen LogP contribution in [0.5, 0.6) is 0 Å². The van der Waals surface area contributed by atoms with E-state index in [0.717, 1.165) is 12.0 Å². The zero-order valence-electron chi connectivity index (χ0n) is 14.6. The molecule has 7 heteroatoms. The molecule has 27 heavy (non-hydrogen) atoms. The Morgan fingerprint density at radius 1 is 0.963 bits per heavy atom. The summed E-state index contributed by atoms with van der Waals surface area (Å²) in [6.45, 7) is 1.84. The van der Waals surface area contributed by atoms with Crippen molar-refractivity contribution in [2.75, 3.05) is 26.2 Å². The average Bonchev–Trinajstić information content (AvgIpc) is 3.49. The summed E-state index contributed by atoms with van der Waals surface area (Å²) >= 11 is 0. The van der Waals surface area contributed by atoms with Gasteiger partial charge in [0.15, 0.2) is 0 Å². The molecule has 0 radical (unpaired) electrons. The first kappa shape index (κ1) is 17.5. The van der Waals surface area contributed by atoms with E-state index < -0.39 is 5.63 Å². The van der Waals surface area contributed by atoms with Gasteiger partial charge in [-0.2, -0.15) is 0 Å². The van der Waals surface area contributed by atoms with E-state index in [1.165, 1.54) is 30.5 Å². The zero-order valence-corrected chi connectivity index (χ0v) is 14.6. The number of hydrogen-bond acceptors (Lipinski definition) is 4. The minimum atomic E-state index is -0.498. The van der Waals surface area contributed by atoms with Crippen LogP contribution >= 0.6 is 0 Å². The standard InChI is InChI=1S/C20H19FN2O4/c21-15-4-1-13(2-5-15)16-11-17(16)20(26)23-9-7-22(8-10-23)19(25)14-3-6-18(24)27-12-14/h1-6,12,16-17H,7-11H2. The largest absolute Gasteiger partial charge is 0.430 e. The SMILES string of the molecule is O=C(c1ccc(=O)oc1)N1CCN(C(=O)C2CC2c2ccc(F)cc2)CC1. The van der Waals surface area contributed by atoms with Gasteiger partial charge in [0.2, 0.25) is 5.91 Å². The Labute approximate surface area is 155 Å². The van der Waals surface area contributed by atoms with Crippen molar-refractivity contribution in [2.24, 2.45) is 5.92 Å². The molecule has 1 aliphatic carbocycles. The van der Waals surface area contributed by atoms with Gasteiger partial charge < -0.3 is 14.2 Å². The maximum atomic E-state index is 13.0. The van der Waals surface area contributed by atoms with Gasteiger partial charge in [0.25, 0.3) is 5.91 Å². The monoisotopic (exact) mass is 370 g/mol. The van der Waals surface area contributed by atoms with Crippen LogP contribution in [0.3, 0.4) is 0 Å². The third-order valence-corrected chi connectivity index (χ3v) is 5.23. The number of carbonyl (C=O) groups excluding carboxylic acids is 2. The van der Waals surface area contributed by atoms with Crippen LogP contribution in [0.1, 0.15) is 28.3 Å². The van der Waals surface area contributed by atoms with Crippen molar-refractivity contribution in [3.63, 3.8) is 0 Å². The molecule has 1 aliphatic heterocycles. The van der Waals surface area contributed by atoms with E-state index in [9.17, 15) is 18.8 Å². The van der Waals surface area contributed by atoms with Gasteiger partial charge >= 0.3 is 5.63 Å². The lowest BCUT2D eigenvalue weighted by molar-refractivity contribution is -0.134. The quantitative estimate of drug-likeness (QED) is 0.827. The molecule has 2 aromatic rings. The molecule has 1 saturated carbocycles. The Balaban J connectivity index is 1.32. The maximum absolute atomic E-state index is 13.0. The first-order valence-corrected chi connectivity index (χ1v) is 8.95. The third kappa shape index (κ3) is 3.63. The van der Waals surface area contributed by atoms with Gasteiger partial charge in [-0.15, -0.1) is 0 Å². The van der Waals surface area contributed by atoms with Gasteiger partial charge in [0.1, 0.15) is 12.1 Å². The molecule has 6 nitrogen and oxygen atoms in total. The van der Waals surface area contributed by atoms with E-state index in [4.69, 9.17) is 4.42 Å². The summed E-state index contributed by atoms with van der Waals surface area (Å²) in [4.78, 5) is 39.6. The van der Waals surface area contributed by atoms with Gasteiger partial charge in [-0.05, 0) is 36.1 Å². The van der Waals surface area contributed by atoms with Crippen LogP contribution in [0.15, 0.2) is 51.9 Å². The summed E-state index contributed by atoms with van der Waals surface area (Å²) < 4.78 is 17.8. The van der Waals surface area contributed by atoms with Crippen molar-refractivity contribution in [1.29, 1.82) is 0 Å². The van der Waals surface area contributed by atoms with Gasteiger partial charge in [-0.1, -0.05) is 12.1 Å². The molecular formula is C20H19FN2O4. The second-order valence-electron chi connectivity index (χ2n) is 6.96. The molecule has 2 atom stereocenters. The first-order valence-electron chi connectivity index (χ1n) is 8.95. The third-order valence-electron chi connectivity index (χ3n) is 5.23. The highest BCUT2D eigenvalue weighted by atomic mass is 19.1. The Kier molecular flexibility index (Phi) is 4.51. The molecule has 4 rings (SSSR count). The Hall–Kier alpha value is -2.96. The van der Waals surface area contributed by atoms with Crippen molar-refractivity contribution < 1.29 is 18.4 Å². The molecule has 2 amide bonds. The van der Waals surface area contributed by atoms with Crippen LogP contribution in [-0.2, 0) is 4.79 Å². The summed E-state index contributed by atoms with van der Waals surface area (Å²) in [5.74, 6) is -0.282. The molecule has 1 aromatic carbocycles. The van der Waals surface area contributed by atoms with Crippen molar-refractivity contribution in [3.8, 4) is 0 Å². The zero-order chi connectivity index (χ0) is 19.0. The number of rotatable bonds is 3. The number of nitrogens with zero attached hydrogens (tertiary/aromatic N) is 2. The number of piperazine rings is 1. The molecule has 2 unspecified atom stereocenters. The van der Waals surface area contributed by atoms with E-state index >= 15 is 0 Å². The summed E-state index contributed by atoms with van der Waals surface area (Å²) in [7, 11) is 0. The van der Waals surface area contributed by atoms with Crippen LogP contribution in [0.25, 0.3) is 0 Å².